The van der Waals surface area contributed by atoms with Gasteiger partial charge in [0, 0.05) is 36.8 Å². The largest absolute Gasteiger partial charge is 0.495 e. The van der Waals surface area contributed by atoms with Crippen LogP contribution in [-0.2, 0) is 0 Å². The predicted molar refractivity (Wildman–Crippen MR) is 113 cm³/mol. The van der Waals surface area contributed by atoms with Gasteiger partial charge in [0.05, 0.1) is 49.8 Å². The normalized spacial score (nSPS) is 13.6. The summed E-state index contributed by atoms with van der Waals surface area (Å²) in [6.07, 6.45) is 6.80. The molecule has 11 heteroatoms. The summed E-state index contributed by atoms with van der Waals surface area (Å²) in [7, 11) is 1.44. The van der Waals surface area contributed by atoms with Crippen LogP contribution >= 0.6 is 0 Å². The number of ether oxygens (including phenoxy) is 2. The van der Waals surface area contributed by atoms with E-state index in [1.165, 1.54) is 31.8 Å². The van der Waals surface area contributed by atoms with Crippen LogP contribution in [0.3, 0.4) is 0 Å². The lowest BCUT2D eigenvalue weighted by Gasteiger charge is -2.26. The molecule has 3 aromatic rings. The zero-order valence-electron chi connectivity index (χ0n) is 17.2. The quantitative estimate of drug-likeness (QED) is 0.308. The van der Waals surface area contributed by atoms with Gasteiger partial charge in [-0.1, -0.05) is 0 Å². The van der Waals surface area contributed by atoms with E-state index in [9.17, 15) is 9.18 Å². The number of halogens is 1. The number of hydrogen-bond donors (Lipinski definition) is 2. The number of aromatic nitrogens is 4. The van der Waals surface area contributed by atoms with Gasteiger partial charge < -0.3 is 14.8 Å². The third-order valence-corrected chi connectivity index (χ3v) is 4.68. The van der Waals surface area contributed by atoms with E-state index in [0.717, 1.165) is 19.3 Å². The predicted octanol–water partition coefficient (Wildman–Crippen LogP) is 1.44. The minimum absolute atomic E-state index is 0.0432. The molecule has 10 nitrogen and oxygen atoms in total. The Morgan fingerprint density at radius 2 is 2.16 bits per heavy atom. The van der Waals surface area contributed by atoms with Gasteiger partial charge in [-0.15, -0.1) is 0 Å². The summed E-state index contributed by atoms with van der Waals surface area (Å²) < 4.78 is 24.4. The topological polar surface area (TPSA) is 124 Å². The van der Waals surface area contributed by atoms with E-state index in [1.54, 1.807) is 18.3 Å². The Labute approximate surface area is 182 Å². The lowest BCUT2D eigenvalue weighted by molar-refractivity contribution is 0.0950. The molecule has 3 aromatic heterocycles. The molecule has 0 spiro atoms. The molecular formula is C21H20FN7O3. The van der Waals surface area contributed by atoms with Crippen LogP contribution in [0, 0.1) is 11.9 Å². The van der Waals surface area contributed by atoms with Crippen molar-refractivity contribution in [1.29, 1.82) is 0 Å². The van der Waals surface area contributed by atoms with Crippen molar-refractivity contribution in [1.82, 2.24) is 30.7 Å². The maximum atomic E-state index is 13.7. The number of amides is 1. The smallest absolute Gasteiger partial charge is 0.291 e. The van der Waals surface area contributed by atoms with E-state index in [-0.39, 0.29) is 11.3 Å². The Kier molecular flexibility index (Phi) is 6.56. The Hall–Kier alpha value is -3.99. The van der Waals surface area contributed by atoms with Gasteiger partial charge in [0.2, 0.25) is 11.8 Å². The molecule has 32 heavy (non-hydrogen) atoms. The van der Waals surface area contributed by atoms with Crippen molar-refractivity contribution >= 4 is 12.1 Å². The highest BCUT2D eigenvalue weighted by atomic mass is 19.1. The highest BCUT2D eigenvalue weighted by Gasteiger charge is 2.17. The van der Waals surface area contributed by atoms with E-state index in [2.05, 4.69) is 35.8 Å². The van der Waals surface area contributed by atoms with Gasteiger partial charge in [-0.05, 0) is 12.1 Å². The maximum absolute atomic E-state index is 13.7. The molecule has 1 aliphatic heterocycles. The summed E-state index contributed by atoms with van der Waals surface area (Å²) in [4.78, 5) is 28.5. The van der Waals surface area contributed by atoms with Crippen molar-refractivity contribution < 1.29 is 18.7 Å². The second kappa shape index (κ2) is 9.88. The van der Waals surface area contributed by atoms with E-state index in [0.29, 0.717) is 35.4 Å². The molecule has 1 fully saturated rings. The number of rotatable bonds is 8. The molecule has 0 aliphatic carbocycles. The first-order valence-corrected chi connectivity index (χ1v) is 9.77. The molecule has 4 heterocycles. The molecule has 1 saturated heterocycles. The Morgan fingerprint density at radius 1 is 1.28 bits per heavy atom. The van der Waals surface area contributed by atoms with E-state index in [1.807, 2.05) is 0 Å². The van der Waals surface area contributed by atoms with Crippen LogP contribution in [-0.4, -0.2) is 58.9 Å². The van der Waals surface area contributed by atoms with Gasteiger partial charge in [0.1, 0.15) is 11.4 Å². The lowest BCUT2D eigenvalue weighted by Crippen LogP contribution is -2.45. The molecule has 0 bridgehead atoms. The second-order valence-corrected chi connectivity index (χ2v) is 6.96. The Morgan fingerprint density at radius 3 is 2.88 bits per heavy atom. The van der Waals surface area contributed by atoms with Crippen molar-refractivity contribution in [2.45, 2.75) is 0 Å². The van der Waals surface area contributed by atoms with Crippen molar-refractivity contribution in [3.63, 3.8) is 0 Å². The minimum atomic E-state index is -0.741. The fraction of sp³-hybridized carbons (Fsp3) is 0.238. The molecule has 1 amide bonds. The van der Waals surface area contributed by atoms with E-state index in [4.69, 9.17) is 9.47 Å². The molecule has 0 saturated carbocycles. The zero-order chi connectivity index (χ0) is 22.3. The first-order chi connectivity index (χ1) is 15.6. The summed E-state index contributed by atoms with van der Waals surface area (Å²) in [5, 5.41) is 6.94. The van der Waals surface area contributed by atoms with Crippen molar-refractivity contribution in [3.05, 3.63) is 60.2 Å². The summed E-state index contributed by atoms with van der Waals surface area (Å²) >= 11 is 0. The Bertz CT molecular complexity index is 1120. The number of carbonyl (C=O) groups excluding carboxylic acids is 1. The van der Waals surface area contributed by atoms with Crippen LogP contribution in [0.2, 0.25) is 0 Å². The number of pyridine rings is 2. The van der Waals surface area contributed by atoms with Crippen LogP contribution in [0.5, 0.6) is 11.6 Å². The monoisotopic (exact) mass is 437 g/mol. The number of nitrogens with zero attached hydrogens (tertiary/aromatic N) is 5. The van der Waals surface area contributed by atoms with Gasteiger partial charge in [-0.3, -0.25) is 9.78 Å². The molecule has 1 aliphatic rings. The van der Waals surface area contributed by atoms with Crippen LogP contribution < -0.4 is 20.2 Å². The summed E-state index contributed by atoms with van der Waals surface area (Å²) in [5.74, 6) is 0.0551. The SMILES string of the molecule is COc1cnc(F)c(/C=N/NC(=O)c2cncc(-c3ccc(OCC4CNC4)nc3)n2)c1. The minimum Gasteiger partial charge on any atom is -0.495 e. The Balaban J connectivity index is 1.39. The molecular weight excluding hydrogens is 417 g/mol. The van der Waals surface area contributed by atoms with Crippen molar-refractivity contribution in [3.8, 4) is 22.9 Å². The highest BCUT2D eigenvalue weighted by Crippen LogP contribution is 2.18. The lowest BCUT2D eigenvalue weighted by atomic mass is 10.1. The van der Waals surface area contributed by atoms with Crippen molar-refractivity contribution in [2.75, 3.05) is 26.8 Å². The first-order valence-electron chi connectivity index (χ1n) is 9.77. The summed E-state index contributed by atoms with van der Waals surface area (Å²) in [6.45, 7) is 2.53. The average molecular weight is 437 g/mol. The number of hydrazone groups is 1. The summed E-state index contributed by atoms with van der Waals surface area (Å²) in [5.41, 5.74) is 3.54. The van der Waals surface area contributed by atoms with Gasteiger partial charge in [0.15, 0.2) is 0 Å². The maximum Gasteiger partial charge on any atom is 0.291 e. The molecule has 0 aromatic carbocycles. The number of hydrogen-bond acceptors (Lipinski definition) is 9. The van der Waals surface area contributed by atoms with Crippen LogP contribution in [0.4, 0.5) is 4.39 Å². The highest BCUT2D eigenvalue weighted by molar-refractivity contribution is 5.93. The molecule has 4 rings (SSSR count). The fourth-order valence-corrected chi connectivity index (χ4v) is 2.77. The van der Waals surface area contributed by atoms with Crippen LogP contribution in [0.15, 0.2) is 48.1 Å². The van der Waals surface area contributed by atoms with E-state index < -0.39 is 11.9 Å². The number of methoxy groups -OCH3 is 1. The second-order valence-electron chi connectivity index (χ2n) is 6.96. The molecule has 0 unspecified atom stereocenters. The number of carbonyl (C=O) groups is 1. The summed E-state index contributed by atoms with van der Waals surface area (Å²) in [6, 6.07) is 4.95. The fourth-order valence-electron chi connectivity index (χ4n) is 2.77. The van der Waals surface area contributed by atoms with Crippen molar-refractivity contribution in [2.24, 2.45) is 11.0 Å². The average Bonchev–Trinajstić information content (AvgIpc) is 2.80. The standard InChI is InChI=1S/C21H20FN7O3/c1-31-16-4-15(20(22)26-9-16)8-27-29-21(30)18-11-24-10-17(28-18)14-2-3-19(25-7-14)32-12-13-5-23-6-13/h2-4,7-11,13,23H,5-6,12H2,1H3,(H,29,30)/b27-8+. The van der Waals surface area contributed by atoms with Crippen LogP contribution in [0.25, 0.3) is 11.3 Å². The van der Waals surface area contributed by atoms with Crippen LogP contribution in [0.1, 0.15) is 16.1 Å². The van der Waals surface area contributed by atoms with Gasteiger partial charge >= 0.3 is 0 Å². The zero-order valence-corrected chi connectivity index (χ0v) is 17.2. The van der Waals surface area contributed by atoms with Gasteiger partial charge in [0.25, 0.3) is 5.91 Å². The first kappa shape index (κ1) is 21.2. The van der Waals surface area contributed by atoms with E-state index >= 15 is 0 Å². The third-order valence-electron chi connectivity index (χ3n) is 4.68. The van der Waals surface area contributed by atoms with Gasteiger partial charge in [-0.2, -0.15) is 9.49 Å². The van der Waals surface area contributed by atoms with Gasteiger partial charge in [-0.25, -0.2) is 20.4 Å². The molecule has 0 radical (unpaired) electrons. The molecule has 2 N–H and O–H groups in total. The molecule has 164 valence electrons. The third kappa shape index (κ3) is 5.19. The molecule has 0 atom stereocenters. The number of nitrogens with one attached hydrogen (secondary N) is 2.